The number of ether oxygens (including phenoxy) is 1. The van der Waals surface area contributed by atoms with Gasteiger partial charge in [0.2, 0.25) is 6.04 Å². The Morgan fingerprint density at radius 3 is 2.61 bits per heavy atom. The van der Waals surface area contributed by atoms with Gasteiger partial charge in [0, 0.05) is 11.8 Å². The Morgan fingerprint density at radius 1 is 1.56 bits per heavy atom. The summed E-state index contributed by atoms with van der Waals surface area (Å²) in [7, 11) is 0. The molecule has 0 heterocycles. The van der Waals surface area contributed by atoms with Crippen molar-refractivity contribution >= 4 is 17.9 Å². The molecular weight excluding hydrogens is 256 g/mol. The number of rotatable bonds is 7. The largest absolute Gasteiger partial charge is 0.439 e. The lowest BCUT2D eigenvalue weighted by Gasteiger charge is -2.19. The van der Waals surface area contributed by atoms with Crippen molar-refractivity contribution in [2.75, 3.05) is 0 Å². The number of hydrogen-bond acceptors (Lipinski definition) is 5. The highest BCUT2D eigenvalue weighted by atomic mass is 32.2. The molecule has 6 nitrogen and oxygen atoms in total. The smallest absolute Gasteiger partial charge is 0.408 e. The Bertz CT molecular complexity index is 309. The minimum atomic E-state index is -0.903. The Balaban J connectivity index is 4.23. The van der Waals surface area contributed by atoms with Crippen LogP contribution in [-0.2, 0) is 4.74 Å². The van der Waals surface area contributed by atoms with Gasteiger partial charge in [-0.1, -0.05) is 13.0 Å². The van der Waals surface area contributed by atoms with Crippen LogP contribution in [-0.4, -0.2) is 28.5 Å². The second-order valence-electron chi connectivity index (χ2n) is 3.77. The van der Waals surface area contributed by atoms with Gasteiger partial charge in [0.1, 0.15) is 0 Å². The molecule has 0 aliphatic rings. The molecule has 1 amide bonds. The van der Waals surface area contributed by atoms with Crippen molar-refractivity contribution in [3.05, 3.63) is 21.6 Å². The van der Waals surface area contributed by atoms with Gasteiger partial charge in [-0.05, 0) is 25.7 Å². The highest BCUT2D eigenvalue weighted by molar-refractivity contribution is 8.02. The van der Waals surface area contributed by atoms with E-state index in [0.717, 1.165) is 0 Å². The molecule has 0 aliphatic heterocycles. The second kappa shape index (κ2) is 8.79. The summed E-state index contributed by atoms with van der Waals surface area (Å²) in [6.07, 6.45) is 0.933. The fraction of sp³-hybridized carbons (Fsp3) is 0.727. The monoisotopic (exact) mass is 276 g/mol. The molecule has 0 aromatic heterocycles. The molecule has 0 saturated heterocycles. The molecule has 0 saturated carbocycles. The van der Waals surface area contributed by atoms with Crippen LogP contribution in [0.3, 0.4) is 0 Å². The van der Waals surface area contributed by atoms with Gasteiger partial charge in [0.15, 0.2) is 6.10 Å². The van der Waals surface area contributed by atoms with E-state index in [-0.39, 0.29) is 5.37 Å². The molecule has 0 radical (unpaired) electrons. The summed E-state index contributed by atoms with van der Waals surface area (Å²) in [6, 6.07) is -0.903. The molecule has 0 aromatic carbocycles. The number of hydrogen-bond donors (Lipinski definition) is 1. The summed E-state index contributed by atoms with van der Waals surface area (Å²) < 4.78 is 5.04. The summed E-state index contributed by atoms with van der Waals surface area (Å²) in [5.74, 6) is 0. The normalized spacial score (nSPS) is 16.0. The van der Waals surface area contributed by atoms with Crippen molar-refractivity contribution in [3.63, 3.8) is 0 Å². The van der Waals surface area contributed by atoms with Crippen molar-refractivity contribution in [3.8, 4) is 0 Å². The number of allylic oxidation sites excluding steroid dienone is 1. The van der Waals surface area contributed by atoms with Crippen molar-refractivity contribution < 1.29 is 14.5 Å². The molecule has 0 aliphatic carbocycles. The molecule has 1 N–H and O–H groups in total. The lowest BCUT2D eigenvalue weighted by atomic mass is 10.1. The lowest BCUT2D eigenvalue weighted by Crippen LogP contribution is -2.39. The number of carbonyl (C=O) groups is 1. The van der Waals surface area contributed by atoms with E-state index in [2.05, 4.69) is 5.32 Å². The molecule has 0 spiro atoms. The van der Waals surface area contributed by atoms with Crippen LogP contribution in [0.5, 0.6) is 0 Å². The average molecular weight is 276 g/mol. The summed E-state index contributed by atoms with van der Waals surface area (Å²) in [5, 5.41) is 14.9. The zero-order valence-electron chi connectivity index (χ0n) is 11.1. The van der Waals surface area contributed by atoms with Gasteiger partial charge in [-0.15, -0.1) is 11.8 Å². The van der Waals surface area contributed by atoms with Gasteiger partial charge in [0.05, 0.1) is 5.37 Å². The molecule has 2 unspecified atom stereocenters. The number of nitro groups is 1. The highest BCUT2D eigenvalue weighted by Gasteiger charge is 2.28. The minimum absolute atomic E-state index is 0.142. The van der Waals surface area contributed by atoms with Crippen LogP contribution >= 0.6 is 11.8 Å². The molecule has 0 rings (SSSR count). The topological polar surface area (TPSA) is 81.5 Å². The van der Waals surface area contributed by atoms with E-state index in [4.69, 9.17) is 4.74 Å². The molecule has 0 bridgehead atoms. The molecule has 7 heteroatoms. The second-order valence-corrected chi connectivity index (χ2v) is 5.02. The quantitative estimate of drug-likeness (QED) is 0.439. The standard InChI is InChI=1S/C11H20N2O4S/c1-5-7-18-9(4)12-11(14)17-10(6-2)8(3)13(15)16/h5,7-10H,6H2,1-4H3,(H,12,14)/b7-5-/t8-,9?,10?/m1/s1. The Morgan fingerprint density at radius 2 is 2.17 bits per heavy atom. The number of amides is 1. The molecule has 0 aromatic rings. The third-order valence-electron chi connectivity index (χ3n) is 2.27. The van der Waals surface area contributed by atoms with Gasteiger partial charge >= 0.3 is 6.09 Å². The van der Waals surface area contributed by atoms with E-state index < -0.39 is 23.2 Å². The van der Waals surface area contributed by atoms with Gasteiger partial charge in [-0.2, -0.15) is 0 Å². The number of nitrogens with zero attached hydrogens (tertiary/aromatic N) is 1. The number of nitrogens with one attached hydrogen (secondary N) is 1. The average Bonchev–Trinajstić information content (AvgIpc) is 2.32. The predicted octanol–water partition coefficient (Wildman–Crippen LogP) is 2.77. The van der Waals surface area contributed by atoms with Crippen LogP contribution in [0.15, 0.2) is 11.5 Å². The maximum atomic E-state index is 11.5. The first-order valence-corrected chi connectivity index (χ1v) is 6.73. The number of carbonyl (C=O) groups excluding carboxylic acids is 1. The van der Waals surface area contributed by atoms with E-state index in [1.165, 1.54) is 18.7 Å². The van der Waals surface area contributed by atoms with Crippen LogP contribution in [0.25, 0.3) is 0 Å². The van der Waals surface area contributed by atoms with Crippen molar-refractivity contribution in [2.24, 2.45) is 0 Å². The maximum absolute atomic E-state index is 11.5. The van der Waals surface area contributed by atoms with Gasteiger partial charge < -0.3 is 10.1 Å². The number of thioether (sulfide) groups is 1. The van der Waals surface area contributed by atoms with Gasteiger partial charge in [-0.3, -0.25) is 10.1 Å². The van der Waals surface area contributed by atoms with E-state index in [1.807, 2.05) is 25.3 Å². The first-order chi connectivity index (χ1) is 8.42. The van der Waals surface area contributed by atoms with E-state index in [9.17, 15) is 14.9 Å². The van der Waals surface area contributed by atoms with Crippen molar-refractivity contribution in [1.82, 2.24) is 5.32 Å². The van der Waals surface area contributed by atoms with Gasteiger partial charge in [-0.25, -0.2) is 4.79 Å². The maximum Gasteiger partial charge on any atom is 0.408 e. The molecule has 0 fully saturated rings. The van der Waals surface area contributed by atoms with Crippen LogP contribution in [0.2, 0.25) is 0 Å². The third kappa shape index (κ3) is 6.48. The zero-order valence-corrected chi connectivity index (χ0v) is 11.9. The zero-order chi connectivity index (χ0) is 14.1. The first kappa shape index (κ1) is 16.8. The fourth-order valence-electron chi connectivity index (χ4n) is 1.23. The van der Waals surface area contributed by atoms with E-state index in [0.29, 0.717) is 6.42 Å². The fourth-order valence-corrected chi connectivity index (χ4v) is 1.78. The van der Waals surface area contributed by atoms with Gasteiger partial charge in [0.25, 0.3) is 0 Å². The Labute approximate surface area is 111 Å². The summed E-state index contributed by atoms with van der Waals surface area (Å²) >= 11 is 1.43. The van der Waals surface area contributed by atoms with E-state index in [1.54, 1.807) is 6.92 Å². The Kier molecular flexibility index (Phi) is 8.19. The highest BCUT2D eigenvalue weighted by Crippen LogP contribution is 2.11. The summed E-state index contributed by atoms with van der Waals surface area (Å²) in [6.45, 7) is 6.86. The molecular formula is C11H20N2O4S. The predicted molar refractivity (Wildman–Crippen MR) is 72.0 cm³/mol. The molecule has 3 atom stereocenters. The molecule has 104 valence electrons. The lowest BCUT2D eigenvalue weighted by molar-refractivity contribution is -0.529. The van der Waals surface area contributed by atoms with Crippen LogP contribution in [0.1, 0.15) is 34.1 Å². The SMILES string of the molecule is C/C=C\SC(C)NC(=O)OC(CC)[C@@H](C)[N+](=O)[O-]. The Hall–Kier alpha value is -1.24. The number of alkyl carbamates (subject to hydrolysis) is 1. The summed E-state index contributed by atoms with van der Waals surface area (Å²) in [4.78, 5) is 21.7. The van der Waals surface area contributed by atoms with Crippen molar-refractivity contribution in [1.29, 1.82) is 0 Å². The van der Waals surface area contributed by atoms with E-state index >= 15 is 0 Å². The van der Waals surface area contributed by atoms with Crippen molar-refractivity contribution in [2.45, 2.75) is 51.6 Å². The first-order valence-electron chi connectivity index (χ1n) is 5.79. The third-order valence-corrected chi connectivity index (χ3v) is 3.23. The van der Waals surface area contributed by atoms with Crippen LogP contribution < -0.4 is 5.32 Å². The van der Waals surface area contributed by atoms with Crippen LogP contribution in [0, 0.1) is 10.1 Å². The minimum Gasteiger partial charge on any atom is -0.439 e. The molecule has 18 heavy (non-hydrogen) atoms. The van der Waals surface area contributed by atoms with Crippen LogP contribution in [0.4, 0.5) is 4.79 Å². The summed E-state index contributed by atoms with van der Waals surface area (Å²) in [5.41, 5.74) is 0.